The maximum atomic E-state index is 11.9. The van der Waals surface area contributed by atoms with Crippen molar-refractivity contribution < 1.29 is 9.90 Å². The van der Waals surface area contributed by atoms with E-state index in [4.69, 9.17) is 0 Å². The van der Waals surface area contributed by atoms with Crippen molar-refractivity contribution in [2.45, 2.75) is 12.8 Å². The maximum Gasteiger partial charge on any atom is 0.271 e. The molecule has 108 valence electrons. The minimum Gasteiger partial charge on any atom is -0.508 e. The van der Waals surface area contributed by atoms with E-state index in [9.17, 15) is 9.90 Å². The number of carbonyl (C=O) groups excluding carboxylic acids is 1. The van der Waals surface area contributed by atoms with Crippen molar-refractivity contribution in [3.63, 3.8) is 0 Å². The zero-order valence-electron chi connectivity index (χ0n) is 11.1. The van der Waals surface area contributed by atoms with Gasteiger partial charge in [0.05, 0.1) is 5.71 Å². The van der Waals surface area contributed by atoms with Crippen molar-refractivity contribution in [2.75, 3.05) is 19.6 Å². The van der Waals surface area contributed by atoms with Crippen molar-refractivity contribution >= 4 is 24.0 Å². The van der Waals surface area contributed by atoms with Gasteiger partial charge in [0, 0.05) is 18.0 Å². The van der Waals surface area contributed by atoms with Gasteiger partial charge in [0.2, 0.25) is 0 Å². The summed E-state index contributed by atoms with van der Waals surface area (Å²) >= 11 is 0. The molecule has 0 unspecified atom stereocenters. The molecule has 3 fully saturated rings. The molecule has 3 heterocycles. The SMILES string of the molecule is Cl.O=C(NN=C1CN2CCC1CC2)c1cccc(O)c1. The lowest BCUT2D eigenvalue weighted by Gasteiger charge is -2.39. The summed E-state index contributed by atoms with van der Waals surface area (Å²) in [7, 11) is 0. The number of piperidine rings is 3. The van der Waals surface area contributed by atoms with Gasteiger partial charge >= 0.3 is 0 Å². The number of aromatic hydroxyl groups is 1. The summed E-state index contributed by atoms with van der Waals surface area (Å²) in [6, 6.07) is 6.28. The number of rotatable bonds is 2. The van der Waals surface area contributed by atoms with E-state index in [1.807, 2.05) is 0 Å². The van der Waals surface area contributed by atoms with E-state index in [1.54, 1.807) is 12.1 Å². The van der Waals surface area contributed by atoms with Crippen molar-refractivity contribution in [3.8, 4) is 5.75 Å². The number of nitrogens with zero attached hydrogens (tertiary/aromatic N) is 2. The first-order chi connectivity index (χ1) is 9.22. The van der Waals surface area contributed by atoms with Gasteiger partial charge in [-0.05, 0) is 44.1 Å². The number of hydrogen-bond acceptors (Lipinski definition) is 4. The molecule has 3 aliphatic heterocycles. The number of phenolic OH excluding ortho intramolecular Hbond substituents is 1. The zero-order chi connectivity index (χ0) is 13.2. The number of nitrogens with one attached hydrogen (secondary N) is 1. The summed E-state index contributed by atoms with van der Waals surface area (Å²) in [5, 5.41) is 13.6. The van der Waals surface area contributed by atoms with E-state index in [1.165, 1.54) is 12.1 Å². The Hall–Kier alpha value is -1.59. The Bertz CT molecular complexity index is 525. The fraction of sp³-hybridized carbons (Fsp3) is 0.429. The molecule has 2 N–H and O–H groups in total. The average Bonchev–Trinajstić information content (AvgIpc) is 2.46. The van der Waals surface area contributed by atoms with Crippen LogP contribution in [0.1, 0.15) is 23.2 Å². The molecule has 20 heavy (non-hydrogen) atoms. The van der Waals surface area contributed by atoms with Gasteiger partial charge in [-0.25, -0.2) is 5.43 Å². The van der Waals surface area contributed by atoms with Crippen LogP contribution in [0.25, 0.3) is 0 Å². The highest BCUT2D eigenvalue weighted by Crippen LogP contribution is 2.25. The summed E-state index contributed by atoms with van der Waals surface area (Å²) in [5.74, 6) is 0.331. The molecular weight excluding hydrogens is 278 g/mol. The smallest absolute Gasteiger partial charge is 0.271 e. The minimum atomic E-state index is -0.278. The highest BCUT2D eigenvalue weighted by molar-refractivity contribution is 5.96. The Kier molecular flexibility index (Phi) is 4.62. The molecule has 0 atom stereocenters. The second-order valence-corrected chi connectivity index (χ2v) is 5.14. The zero-order valence-corrected chi connectivity index (χ0v) is 11.9. The van der Waals surface area contributed by atoms with Crippen LogP contribution in [0.5, 0.6) is 5.75 Å². The van der Waals surface area contributed by atoms with Gasteiger partial charge < -0.3 is 5.11 Å². The third-order valence-corrected chi connectivity index (χ3v) is 3.85. The van der Waals surface area contributed by atoms with Crippen molar-refractivity contribution in [1.82, 2.24) is 10.3 Å². The summed E-state index contributed by atoms with van der Waals surface area (Å²) < 4.78 is 0. The Morgan fingerprint density at radius 1 is 1.35 bits per heavy atom. The van der Waals surface area contributed by atoms with Gasteiger partial charge in [-0.3, -0.25) is 9.69 Å². The summed E-state index contributed by atoms with van der Waals surface area (Å²) in [6.07, 6.45) is 2.28. The monoisotopic (exact) mass is 295 g/mol. The molecule has 0 aromatic heterocycles. The molecule has 2 bridgehead atoms. The molecule has 4 rings (SSSR count). The van der Waals surface area contributed by atoms with E-state index in [2.05, 4.69) is 15.4 Å². The molecule has 0 aliphatic carbocycles. The molecule has 3 saturated heterocycles. The fourth-order valence-corrected chi connectivity index (χ4v) is 2.74. The Balaban J connectivity index is 0.00000147. The second kappa shape index (κ2) is 6.24. The number of fused-ring (bicyclic) bond motifs is 3. The molecular formula is C14H18ClN3O2. The molecule has 0 saturated carbocycles. The lowest BCUT2D eigenvalue weighted by molar-refractivity contribution is 0.0953. The predicted molar refractivity (Wildman–Crippen MR) is 79.4 cm³/mol. The lowest BCUT2D eigenvalue weighted by Crippen LogP contribution is -2.48. The van der Waals surface area contributed by atoms with Crippen LogP contribution in [-0.2, 0) is 0 Å². The Labute approximate surface area is 124 Å². The van der Waals surface area contributed by atoms with Crippen LogP contribution in [0.3, 0.4) is 0 Å². The number of amides is 1. The maximum absolute atomic E-state index is 11.9. The van der Waals surface area contributed by atoms with Gasteiger partial charge in [-0.1, -0.05) is 6.07 Å². The van der Waals surface area contributed by atoms with Crippen LogP contribution >= 0.6 is 12.4 Å². The summed E-state index contributed by atoms with van der Waals surface area (Å²) in [4.78, 5) is 14.3. The number of halogens is 1. The largest absolute Gasteiger partial charge is 0.508 e. The highest BCUT2D eigenvalue weighted by atomic mass is 35.5. The second-order valence-electron chi connectivity index (χ2n) is 5.14. The molecule has 3 aliphatic rings. The third-order valence-electron chi connectivity index (χ3n) is 3.85. The molecule has 0 radical (unpaired) electrons. The summed E-state index contributed by atoms with van der Waals surface area (Å²) in [5.41, 5.74) is 4.09. The first-order valence-electron chi connectivity index (χ1n) is 6.60. The van der Waals surface area contributed by atoms with Crippen LogP contribution in [0.15, 0.2) is 29.4 Å². The molecule has 1 aromatic carbocycles. The van der Waals surface area contributed by atoms with Gasteiger partial charge in [-0.2, -0.15) is 5.10 Å². The predicted octanol–water partition coefficient (Wildman–Crippen LogP) is 1.63. The number of phenols is 1. The van der Waals surface area contributed by atoms with Crippen LogP contribution in [0, 0.1) is 5.92 Å². The van der Waals surface area contributed by atoms with Gasteiger partial charge in [-0.15, -0.1) is 12.4 Å². The van der Waals surface area contributed by atoms with E-state index in [0.717, 1.165) is 38.2 Å². The molecule has 6 heteroatoms. The van der Waals surface area contributed by atoms with Gasteiger partial charge in [0.25, 0.3) is 5.91 Å². The number of carbonyl (C=O) groups is 1. The summed E-state index contributed by atoms with van der Waals surface area (Å²) in [6.45, 7) is 3.15. The lowest BCUT2D eigenvalue weighted by atomic mass is 9.87. The minimum absolute atomic E-state index is 0. The van der Waals surface area contributed by atoms with Crippen molar-refractivity contribution in [3.05, 3.63) is 29.8 Å². The van der Waals surface area contributed by atoms with E-state index >= 15 is 0 Å². The van der Waals surface area contributed by atoms with Crippen LogP contribution in [0.4, 0.5) is 0 Å². The topological polar surface area (TPSA) is 64.9 Å². The van der Waals surface area contributed by atoms with Gasteiger partial charge in [0.1, 0.15) is 5.75 Å². The first-order valence-corrected chi connectivity index (χ1v) is 6.60. The third kappa shape index (κ3) is 3.11. The molecule has 0 spiro atoms. The fourth-order valence-electron chi connectivity index (χ4n) is 2.74. The average molecular weight is 296 g/mol. The number of benzene rings is 1. The van der Waals surface area contributed by atoms with E-state index in [0.29, 0.717) is 11.5 Å². The molecule has 1 aromatic rings. The quantitative estimate of drug-likeness (QED) is 0.815. The normalized spacial score (nSPS) is 26.1. The number of hydrogen-bond donors (Lipinski definition) is 2. The first kappa shape index (κ1) is 14.8. The van der Waals surface area contributed by atoms with Crippen molar-refractivity contribution in [1.29, 1.82) is 0 Å². The van der Waals surface area contributed by atoms with Gasteiger partial charge in [0.15, 0.2) is 0 Å². The van der Waals surface area contributed by atoms with Crippen LogP contribution < -0.4 is 5.43 Å². The van der Waals surface area contributed by atoms with E-state index in [-0.39, 0.29) is 24.1 Å². The number of hydrazone groups is 1. The highest BCUT2D eigenvalue weighted by Gasteiger charge is 2.30. The molecule has 1 amide bonds. The van der Waals surface area contributed by atoms with E-state index < -0.39 is 0 Å². The Morgan fingerprint density at radius 3 is 2.70 bits per heavy atom. The van der Waals surface area contributed by atoms with Crippen LogP contribution in [-0.4, -0.2) is 41.3 Å². The van der Waals surface area contributed by atoms with Crippen LogP contribution in [0.2, 0.25) is 0 Å². The molecule has 5 nitrogen and oxygen atoms in total. The Morgan fingerprint density at radius 2 is 2.10 bits per heavy atom. The van der Waals surface area contributed by atoms with Crippen molar-refractivity contribution in [2.24, 2.45) is 11.0 Å². The standard InChI is InChI=1S/C14H17N3O2.ClH/c18-12-3-1-2-11(8-12)14(19)16-15-13-9-17-6-4-10(13)5-7-17;/h1-3,8,10,18H,4-7,9H2,(H,16,19);1H.